The monoisotopic (exact) mass is 248 g/mol. The molecule has 1 aromatic rings. The maximum Gasteiger partial charge on any atom is 0.276 e. The Morgan fingerprint density at radius 1 is 1.50 bits per heavy atom. The number of nitro groups is 1. The zero-order chi connectivity index (χ0) is 12.3. The third-order valence-corrected chi connectivity index (χ3v) is 2.47. The maximum atomic E-state index is 13.2. The molecule has 0 fully saturated rings. The van der Waals surface area contributed by atoms with Crippen molar-refractivity contribution < 1.29 is 17.7 Å². The van der Waals surface area contributed by atoms with Gasteiger partial charge in [0.05, 0.1) is 16.7 Å². The van der Waals surface area contributed by atoms with Crippen molar-refractivity contribution in [2.24, 2.45) is 0 Å². The zero-order valence-corrected chi connectivity index (χ0v) is 9.12. The normalized spacial score (nSPS) is 11.4. The van der Waals surface area contributed by atoms with Gasteiger partial charge in [-0.3, -0.25) is 10.1 Å². The topological polar surface area (TPSA) is 89.3 Å². The Balaban J connectivity index is 3.07. The largest absolute Gasteiger partial charge is 0.276 e. The van der Waals surface area contributed by atoms with Crippen molar-refractivity contribution in [3.8, 4) is 0 Å². The van der Waals surface area contributed by atoms with E-state index < -0.39 is 33.0 Å². The molecule has 0 atom stereocenters. The molecule has 6 nitrogen and oxygen atoms in total. The van der Waals surface area contributed by atoms with Crippen LogP contribution >= 0.6 is 0 Å². The Hall–Kier alpha value is -1.54. The van der Waals surface area contributed by atoms with Gasteiger partial charge in [-0.25, -0.2) is 17.5 Å². The smallest absolute Gasteiger partial charge is 0.258 e. The molecule has 1 rings (SSSR count). The van der Waals surface area contributed by atoms with Crippen LogP contribution < -0.4 is 4.72 Å². The summed E-state index contributed by atoms with van der Waals surface area (Å²) < 4.78 is 36.8. The molecule has 0 radical (unpaired) electrons. The van der Waals surface area contributed by atoms with E-state index in [0.29, 0.717) is 0 Å². The first kappa shape index (κ1) is 12.5. The summed E-state index contributed by atoms with van der Waals surface area (Å²) in [5, 5.41) is 10.6. The second kappa shape index (κ2) is 4.54. The van der Waals surface area contributed by atoms with E-state index in [9.17, 15) is 22.9 Å². The van der Waals surface area contributed by atoms with Crippen LogP contribution in [0.4, 0.5) is 10.1 Å². The number of nitrogens with zero attached hydrogens (tertiary/aromatic N) is 1. The third kappa shape index (κ3) is 3.24. The van der Waals surface area contributed by atoms with Gasteiger partial charge >= 0.3 is 0 Å². The first-order chi connectivity index (χ1) is 7.31. The van der Waals surface area contributed by atoms with Crippen LogP contribution in [0.5, 0.6) is 0 Å². The molecule has 0 aliphatic rings. The number of hydrogen-bond donors (Lipinski definition) is 1. The van der Waals surface area contributed by atoms with Gasteiger partial charge in [0.25, 0.3) is 5.69 Å². The highest BCUT2D eigenvalue weighted by Gasteiger charge is 2.18. The quantitative estimate of drug-likeness (QED) is 0.630. The molecule has 1 aromatic carbocycles. The molecule has 1 N–H and O–H groups in total. The zero-order valence-electron chi connectivity index (χ0n) is 8.31. The number of halogens is 1. The average Bonchev–Trinajstić information content (AvgIpc) is 2.13. The molecule has 0 unspecified atom stereocenters. The van der Waals surface area contributed by atoms with E-state index in [1.54, 1.807) is 0 Å². The second-order valence-corrected chi connectivity index (χ2v) is 4.92. The van der Waals surface area contributed by atoms with Gasteiger partial charge in [0.15, 0.2) is 0 Å². The minimum atomic E-state index is -3.52. The summed E-state index contributed by atoms with van der Waals surface area (Å²) in [4.78, 5) is 9.80. The molecule has 88 valence electrons. The highest BCUT2D eigenvalue weighted by atomic mass is 32.2. The molecule has 0 saturated heterocycles. The summed E-state index contributed by atoms with van der Waals surface area (Å²) in [5.41, 5.74) is -0.728. The van der Waals surface area contributed by atoms with Crippen LogP contribution in [0.1, 0.15) is 5.56 Å². The van der Waals surface area contributed by atoms with E-state index in [1.807, 2.05) is 4.72 Å². The fraction of sp³-hybridized carbons (Fsp3) is 0.250. The summed E-state index contributed by atoms with van der Waals surface area (Å²) >= 11 is 0. The van der Waals surface area contributed by atoms with Crippen LogP contribution in [0.2, 0.25) is 0 Å². The van der Waals surface area contributed by atoms with Gasteiger partial charge in [-0.05, 0) is 6.07 Å². The molecule has 0 aromatic heterocycles. The Morgan fingerprint density at radius 2 is 2.12 bits per heavy atom. The number of nitrogens with one attached hydrogen (secondary N) is 1. The first-order valence-corrected chi connectivity index (χ1v) is 6.07. The Bertz CT molecular complexity index is 515. The van der Waals surface area contributed by atoms with Gasteiger partial charge < -0.3 is 0 Å². The molecule has 0 saturated carbocycles. The molecule has 0 amide bonds. The molecule has 8 heteroatoms. The number of rotatable bonds is 4. The van der Waals surface area contributed by atoms with Crippen molar-refractivity contribution >= 4 is 15.7 Å². The minimum Gasteiger partial charge on any atom is -0.258 e. The number of sulfonamides is 1. The Kier molecular flexibility index (Phi) is 3.55. The number of hydrogen-bond acceptors (Lipinski definition) is 4. The van der Waals surface area contributed by atoms with Crippen molar-refractivity contribution in [3.05, 3.63) is 39.7 Å². The second-order valence-electron chi connectivity index (χ2n) is 3.09. The Morgan fingerprint density at radius 3 is 2.62 bits per heavy atom. The summed E-state index contributed by atoms with van der Waals surface area (Å²) in [6.07, 6.45) is 0.889. The molecule has 0 spiro atoms. The van der Waals surface area contributed by atoms with Crippen molar-refractivity contribution in [1.82, 2.24) is 4.72 Å². The van der Waals surface area contributed by atoms with E-state index in [4.69, 9.17) is 0 Å². The average molecular weight is 248 g/mol. The van der Waals surface area contributed by atoms with Crippen LogP contribution in [-0.4, -0.2) is 19.6 Å². The van der Waals surface area contributed by atoms with E-state index in [-0.39, 0.29) is 5.56 Å². The summed E-state index contributed by atoms with van der Waals surface area (Å²) in [6.45, 7) is -0.443. The van der Waals surface area contributed by atoms with Gasteiger partial charge in [-0.2, -0.15) is 0 Å². The Labute approximate surface area is 91.3 Å². The van der Waals surface area contributed by atoms with Crippen molar-refractivity contribution in [2.45, 2.75) is 6.54 Å². The lowest BCUT2D eigenvalue weighted by Crippen LogP contribution is -2.22. The fourth-order valence-corrected chi connectivity index (χ4v) is 1.50. The fourth-order valence-electron chi connectivity index (χ4n) is 1.10. The van der Waals surface area contributed by atoms with E-state index in [1.165, 1.54) is 6.07 Å². The van der Waals surface area contributed by atoms with E-state index in [0.717, 1.165) is 18.4 Å². The van der Waals surface area contributed by atoms with Gasteiger partial charge in [0.2, 0.25) is 10.0 Å². The molecule has 16 heavy (non-hydrogen) atoms. The van der Waals surface area contributed by atoms with Crippen LogP contribution in [-0.2, 0) is 16.6 Å². The lowest BCUT2D eigenvalue weighted by Gasteiger charge is -2.04. The maximum absolute atomic E-state index is 13.2. The lowest BCUT2D eigenvalue weighted by molar-refractivity contribution is -0.385. The highest BCUT2D eigenvalue weighted by molar-refractivity contribution is 7.88. The molecular formula is C8H9FN2O4S. The molecule has 0 aliphatic heterocycles. The predicted molar refractivity (Wildman–Crippen MR) is 54.7 cm³/mol. The SMILES string of the molecule is CS(=O)(=O)NCc1c(F)cccc1[N+](=O)[O-]. The number of nitro benzene ring substituents is 1. The van der Waals surface area contributed by atoms with Gasteiger partial charge in [-0.1, -0.05) is 6.07 Å². The van der Waals surface area contributed by atoms with Gasteiger partial charge in [0.1, 0.15) is 5.82 Å². The summed E-state index contributed by atoms with van der Waals surface area (Å²) in [5.74, 6) is -0.814. The molecule has 0 bridgehead atoms. The first-order valence-electron chi connectivity index (χ1n) is 4.17. The molecule has 0 heterocycles. The third-order valence-electron chi connectivity index (χ3n) is 1.80. The summed E-state index contributed by atoms with van der Waals surface area (Å²) in [7, 11) is -3.52. The van der Waals surface area contributed by atoms with Crippen molar-refractivity contribution in [2.75, 3.05) is 6.26 Å². The van der Waals surface area contributed by atoms with Crippen LogP contribution in [0.15, 0.2) is 18.2 Å². The minimum absolute atomic E-state index is 0.280. The number of benzene rings is 1. The predicted octanol–water partition coefficient (Wildman–Crippen LogP) is 0.783. The summed E-state index contributed by atoms with van der Waals surface area (Å²) in [6, 6.07) is 3.34. The van der Waals surface area contributed by atoms with Gasteiger partial charge in [0, 0.05) is 12.6 Å². The van der Waals surface area contributed by atoms with Crippen molar-refractivity contribution in [1.29, 1.82) is 0 Å². The van der Waals surface area contributed by atoms with E-state index in [2.05, 4.69) is 0 Å². The molecular weight excluding hydrogens is 239 g/mol. The van der Waals surface area contributed by atoms with Gasteiger partial charge in [-0.15, -0.1) is 0 Å². The highest BCUT2D eigenvalue weighted by Crippen LogP contribution is 2.20. The van der Waals surface area contributed by atoms with Crippen molar-refractivity contribution in [3.63, 3.8) is 0 Å². The lowest BCUT2D eigenvalue weighted by atomic mass is 10.2. The van der Waals surface area contributed by atoms with Crippen LogP contribution in [0.3, 0.4) is 0 Å². The molecule has 0 aliphatic carbocycles. The standard InChI is InChI=1S/C8H9FN2O4S/c1-16(14,15)10-5-6-7(9)3-2-4-8(6)11(12)13/h2-4,10H,5H2,1H3. The van der Waals surface area contributed by atoms with Crippen LogP contribution in [0.25, 0.3) is 0 Å². The van der Waals surface area contributed by atoms with Crippen LogP contribution in [0, 0.1) is 15.9 Å². The van der Waals surface area contributed by atoms with E-state index >= 15 is 0 Å².